The first-order valence-electron chi connectivity index (χ1n) is 4.35. The van der Waals surface area contributed by atoms with Crippen molar-refractivity contribution in [1.29, 1.82) is 0 Å². The van der Waals surface area contributed by atoms with Crippen LogP contribution in [0.5, 0.6) is 0 Å². The summed E-state index contributed by atoms with van der Waals surface area (Å²) in [6, 6.07) is 0. The SMILES string of the molecule is C#CCN(CC(=O)O)C(=O)C=CC=CC. The molecule has 0 aromatic heterocycles. The Morgan fingerprint density at radius 2 is 2.13 bits per heavy atom. The zero-order chi connectivity index (χ0) is 11.7. The van der Waals surface area contributed by atoms with E-state index in [9.17, 15) is 9.59 Å². The Morgan fingerprint density at radius 3 is 2.60 bits per heavy atom. The van der Waals surface area contributed by atoms with Gasteiger partial charge in [-0.15, -0.1) is 6.42 Å². The fourth-order valence-electron chi connectivity index (χ4n) is 0.840. The van der Waals surface area contributed by atoms with Crippen molar-refractivity contribution < 1.29 is 14.7 Å². The summed E-state index contributed by atoms with van der Waals surface area (Å²) in [6.07, 6.45) is 11.3. The predicted octanol–water partition coefficient (Wildman–Crippen LogP) is 0.665. The fraction of sp³-hybridized carbons (Fsp3) is 0.273. The lowest BCUT2D eigenvalue weighted by Gasteiger charge is -2.15. The summed E-state index contributed by atoms with van der Waals surface area (Å²) in [5.74, 6) is 0.740. The number of amides is 1. The third-order valence-electron chi connectivity index (χ3n) is 1.46. The normalized spacial score (nSPS) is 10.4. The molecule has 0 aliphatic rings. The number of rotatable bonds is 5. The highest BCUT2D eigenvalue weighted by atomic mass is 16.4. The van der Waals surface area contributed by atoms with E-state index < -0.39 is 11.9 Å². The van der Waals surface area contributed by atoms with Crippen LogP contribution >= 0.6 is 0 Å². The summed E-state index contributed by atoms with van der Waals surface area (Å²) in [5, 5.41) is 8.53. The maximum atomic E-state index is 11.4. The molecule has 0 saturated carbocycles. The molecule has 4 heteroatoms. The van der Waals surface area contributed by atoms with Crippen LogP contribution in [0.4, 0.5) is 0 Å². The van der Waals surface area contributed by atoms with Gasteiger partial charge >= 0.3 is 5.97 Å². The molecule has 0 aromatic rings. The van der Waals surface area contributed by atoms with E-state index in [1.165, 1.54) is 12.2 Å². The number of aliphatic carboxylic acids is 1. The lowest BCUT2D eigenvalue weighted by Crippen LogP contribution is -2.34. The zero-order valence-corrected chi connectivity index (χ0v) is 8.51. The first-order valence-corrected chi connectivity index (χ1v) is 4.35. The van der Waals surface area contributed by atoms with Crippen LogP contribution < -0.4 is 0 Å². The van der Waals surface area contributed by atoms with E-state index >= 15 is 0 Å². The number of carbonyl (C=O) groups excluding carboxylic acids is 1. The van der Waals surface area contributed by atoms with Crippen LogP contribution in [0.15, 0.2) is 24.3 Å². The maximum absolute atomic E-state index is 11.4. The van der Waals surface area contributed by atoms with E-state index in [1.807, 2.05) is 6.92 Å². The number of carboxylic acids is 1. The van der Waals surface area contributed by atoms with Gasteiger partial charge in [-0.3, -0.25) is 9.59 Å². The van der Waals surface area contributed by atoms with Gasteiger partial charge in [0.05, 0.1) is 6.54 Å². The van der Waals surface area contributed by atoms with Crippen LogP contribution in [0.1, 0.15) is 6.92 Å². The molecule has 0 atom stereocenters. The molecule has 15 heavy (non-hydrogen) atoms. The van der Waals surface area contributed by atoms with Crippen molar-refractivity contribution in [3.63, 3.8) is 0 Å². The highest BCUT2D eigenvalue weighted by Gasteiger charge is 2.12. The van der Waals surface area contributed by atoms with Crippen LogP contribution in [0.3, 0.4) is 0 Å². The van der Waals surface area contributed by atoms with Crippen LogP contribution in [0.25, 0.3) is 0 Å². The monoisotopic (exact) mass is 207 g/mol. The van der Waals surface area contributed by atoms with Crippen molar-refractivity contribution in [2.75, 3.05) is 13.1 Å². The van der Waals surface area contributed by atoms with Gasteiger partial charge in [-0.2, -0.15) is 0 Å². The second-order valence-corrected chi connectivity index (χ2v) is 2.68. The van der Waals surface area contributed by atoms with E-state index in [0.717, 1.165) is 4.90 Å². The molecule has 0 unspecified atom stereocenters. The molecule has 4 nitrogen and oxygen atoms in total. The quantitative estimate of drug-likeness (QED) is 0.409. The molecule has 0 aliphatic carbocycles. The van der Waals surface area contributed by atoms with Gasteiger partial charge in [0, 0.05) is 6.08 Å². The summed E-state index contributed by atoms with van der Waals surface area (Å²) >= 11 is 0. The topological polar surface area (TPSA) is 57.6 Å². The molecular formula is C11H13NO3. The predicted molar refractivity (Wildman–Crippen MR) is 57.0 cm³/mol. The molecule has 0 saturated heterocycles. The molecule has 0 aliphatic heterocycles. The number of carboxylic acid groups (broad SMARTS) is 1. The average Bonchev–Trinajstić information content (AvgIpc) is 2.17. The van der Waals surface area contributed by atoms with Crippen LogP contribution in [-0.4, -0.2) is 35.0 Å². The molecule has 0 rings (SSSR count). The van der Waals surface area contributed by atoms with Gasteiger partial charge in [0.15, 0.2) is 0 Å². The molecular weight excluding hydrogens is 194 g/mol. The lowest BCUT2D eigenvalue weighted by atomic mass is 10.3. The van der Waals surface area contributed by atoms with Crippen LogP contribution in [0, 0.1) is 12.3 Å². The minimum Gasteiger partial charge on any atom is -0.480 e. The highest BCUT2D eigenvalue weighted by molar-refractivity contribution is 5.90. The van der Waals surface area contributed by atoms with E-state index in [1.54, 1.807) is 12.2 Å². The van der Waals surface area contributed by atoms with Crippen molar-refractivity contribution in [2.45, 2.75) is 6.92 Å². The Hall–Kier alpha value is -2.02. The standard InChI is InChI=1S/C11H13NO3/c1-3-5-6-7-10(13)12(8-4-2)9-11(14)15/h2-3,5-7H,8-9H2,1H3,(H,14,15). The third-order valence-corrected chi connectivity index (χ3v) is 1.46. The van der Waals surface area contributed by atoms with Crippen molar-refractivity contribution in [2.24, 2.45) is 0 Å². The molecule has 1 amide bonds. The number of allylic oxidation sites excluding steroid dienone is 3. The highest BCUT2D eigenvalue weighted by Crippen LogP contribution is 1.91. The second kappa shape index (κ2) is 7.39. The Balaban J connectivity index is 4.42. The summed E-state index contributed by atoms with van der Waals surface area (Å²) in [6.45, 7) is 1.42. The number of hydrogen-bond acceptors (Lipinski definition) is 2. The van der Waals surface area contributed by atoms with Crippen molar-refractivity contribution in [3.05, 3.63) is 24.3 Å². The molecule has 0 bridgehead atoms. The summed E-state index contributed by atoms with van der Waals surface area (Å²) in [4.78, 5) is 22.9. The Labute approximate surface area is 88.9 Å². The van der Waals surface area contributed by atoms with Crippen LogP contribution in [0.2, 0.25) is 0 Å². The fourth-order valence-corrected chi connectivity index (χ4v) is 0.840. The van der Waals surface area contributed by atoms with E-state index in [4.69, 9.17) is 11.5 Å². The van der Waals surface area contributed by atoms with Gasteiger partial charge in [-0.1, -0.05) is 24.1 Å². The van der Waals surface area contributed by atoms with Gasteiger partial charge in [-0.25, -0.2) is 0 Å². The van der Waals surface area contributed by atoms with Gasteiger partial charge in [0.2, 0.25) is 5.91 Å². The number of terminal acetylenes is 1. The number of carbonyl (C=O) groups is 2. The third kappa shape index (κ3) is 6.11. The molecule has 0 fully saturated rings. The molecule has 80 valence electrons. The van der Waals surface area contributed by atoms with E-state index in [-0.39, 0.29) is 13.1 Å². The Kier molecular flexibility index (Phi) is 6.39. The van der Waals surface area contributed by atoms with Crippen molar-refractivity contribution in [1.82, 2.24) is 4.90 Å². The van der Waals surface area contributed by atoms with Gasteiger partial charge in [0.25, 0.3) is 0 Å². The maximum Gasteiger partial charge on any atom is 0.323 e. The van der Waals surface area contributed by atoms with Gasteiger partial charge < -0.3 is 10.0 Å². The first kappa shape index (κ1) is 13.0. The Bertz CT molecular complexity index is 323. The lowest BCUT2D eigenvalue weighted by molar-refractivity contribution is -0.142. The van der Waals surface area contributed by atoms with Crippen molar-refractivity contribution >= 4 is 11.9 Å². The molecule has 0 aromatic carbocycles. The Morgan fingerprint density at radius 1 is 1.47 bits per heavy atom. The molecule has 0 heterocycles. The summed E-state index contributed by atoms with van der Waals surface area (Å²) in [7, 11) is 0. The van der Waals surface area contributed by atoms with Gasteiger partial charge in [-0.05, 0) is 6.92 Å². The van der Waals surface area contributed by atoms with E-state index in [0.29, 0.717) is 0 Å². The average molecular weight is 207 g/mol. The first-order chi connectivity index (χ1) is 7.11. The smallest absolute Gasteiger partial charge is 0.323 e. The zero-order valence-electron chi connectivity index (χ0n) is 8.51. The minimum absolute atomic E-state index is 0.00862. The largest absolute Gasteiger partial charge is 0.480 e. The number of nitrogens with zero attached hydrogens (tertiary/aromatic N) is 1. The minimum atomic E-state index is -1.09. The molecule has 1 N–H and O–H groups in total. The summed E-state index contributed by atoms with van der Waals surface area (Å²) in [5.41, 5.74) is 0. The van der Waals surface area contributed by atoms with Crippen molar-refractivity contribution in [3.8, 4) is 12.3 Å². The summed E-state index contributed by atoms with van der Waals surface area (Å²) < 4.78 is 0. The van der Waals surface area contributed by atoms with Gasteiger partial charge in [0.1, 0.15) is 6.54 Å². The molecule has 0 radical (unpaired) electrons. The van der Waals surface area contributed by atoms with Crippen LogP contribution in [-0.2, 0) is 9.59 Å². The second-order valence-electron chi connectivity index (χ2n) is 2.68. The number of hydrogen-bond donors (Lipinski definition) is 1. The van der Waals surface area contributed by atoms with E-state index in [2.05, 4.69) is 5.92 Å². The molecule has 0 spiro atoms.